The van der Waals surface area contributed by atoms with E-state index in [9.17, 15) is 9.59 Å². The average Bonchev–Trinajstić information content (AvgIpc) is 2.35. The van der Waals surface area contributed by atoms with Gasteiger partial charge in [-0.05, 0) is 24.3 Å². The first kappa shape index (κ1) is 12.2. The first-order valence-corrected chi connectivity index (χ1v) is 4.70. The predicted octanol–water partition coefficient (Wildman–Crippen LogP) is 0.380. The lowest BCUT2D eigenvalue weighted by Crippen LogP contribution is -2.14. The Hall–Kier alpha value is -1.88. The van der Waals surface area contributed by atoms with Crippen molar-refractivity contribution in [1.82, 2.24) is 0 Å². The van der Waals surface area contributed by atoms with Gasteiger partial charge in [-0.1, -0.05) is 0 Å². The molecule has 0 aliphatic carbocycles. The van der Waals surface area contributed by atoms with E-state index < -0.39 is 5.97 Å². The van der Waals surface area contributed by atoms with E-state index >= 15 is 0 Å². The van der Waals surface area contributed by atoms with E-state index in [0.717, 1.165) is 0 Å². The highest BCUT2D eigenvalue weighted by Crippen LogP contribution is 2.12. The first-order valence-electron chi connectivity index (χ1n) is 4.70. The lowest BCUT2D eigenvalue weighted by Gasteiger charge is -2.05. The average molecular weight is 223 g/mol. The molecular weight excluding hydrogens is 210 g/mol. The van der Waals surface area contributed by atoms with Crippen molar-refractivity contribution in [2.24, 2.45) is 5.73 Å². The SMILES string of the molecule is COC(=O)COc1ccc(C(=O)CN)cc1. The summed E-state index contributed by atoms with van der Waals surface area (Å²) < 4.78 is 9.53. The van der Waals surface area contributed by atoms with E-state index in [1.807, 2.05) is 0 Å². The molecule has 16 heavy (non-hydrogen) atoms. The number of benzene rings is 1. The van der Waals surface area contributed by atoms with Gasteiger partial charge in [0.25, 0.3) is 0 Å². The summed E-state index contributed by atoms with van der Waals surface area (Å²) in [6.45, 7) is -0.178. The number of esters is 1. The Morgan fingerprint density at radius 3 is 2.38 bits per heavy atom. The van der Waals surface area contributed by atoms with Crippen LogP contribution in [0.4, 0.5) is 0 Å². The molecule has 0 saturated carbocycles. The van der Waals surface area contributed by atoms with Gasteiger partial charge in [0.1, 0.15) is 5.75 Å². The maximum Gasteiger partial charge on any atom is 0.343 e. The third-order valence-corrected chi connectivity index (χ3v) is 1.95. The molecule has 0 aromatic heterocycles. The molecule has 0 heterocycles. The maximum atomic E-state index is 11.2. The summed E-state index contributed by atoms with van der Waals surface area (Å²) in [5, 5.41) is 0. The summed E-state index contributed by atoms with van der Waals surface area (Å²) in [5.41, 5.74) is 5.74. The minimum atomic E-state index is -0.456. The minimum absolute atomic E-state index is 0.0254. The molecule has 86 valence electrons. The van der Waals surface area contributed by atoms with E-state index in [2.05, 4.69) is 4.74 Å². The van der Waals surface area contributed by atoms with Crippen molar-refractivity contribution >= 4 is 11.8 Å². The van der Waals surface area contributed by atoms with Crippen molar-refractivity contribution in [3.63, 3.8) is 0 Å². The van der Waals surface area contributed by atoms with Crippen molar-refractivity contribution in [3.05, 3.63) is 29.8 Å². The Kier molecular flexibility index (Phi) is 4.47. The fourth-order valence-electron chi connectivity index (χ4n) is 1.06. The Morgan fingerprint density at radius 1 is 1.25 bits per heavy atom. The zero-order valence-corrected chi connectivity index (χ0v) is 8.93. The van der Waals surface area contributed by atoms with Crippen LogP contribution in [0.1, 0.15) is 10.4 Å². The Morgan fingerprint density at radius 2 is 1.88 bits per heavy atom. The lowest BCUT2D eigenvalue weighted by atomic mass is 10.1. The molecule has 1 aromatic carbocycles. The van der Waals surface area contributed by atoms with Crippen LogP contribution >= 0.6 is 0 Å². The molecule has 0 aliphatic heterocycles. The number of ether oxygens (including phenoxy) is 2. The second-order valence-electron chi connectivity index (χ2n) is 3.02. The summed E-state index contributed by atoms with van der Waals surface area (Å²) in [4.78, 5) is 22.0. The van der Waals surface area contributed by atoms with Crippen molar-refractivity contribution in [1.29, 1.82) is 0 Å². The maximum absolute atomic E-state index is 11.2. The number of carbonyl (C=O) groups excluding carboxylic acids is 2. The second kappa shape index (κ2) is 5.87. The zero-order chi connectivity index (χ0) is 12.0. The number of carbonyl (C=O) groups is 2. The van der Waals surface area contributed by atoms with E-state index in [1.54, 1.807) is 24.3 Å². The Bertz CT molecular complexity index is 372. The van der Waals surface area contributed by atoms with Gasteiger partial charge >= 0.3 is 5.97 Å². The van der Waals surface area contributed by atoms with E-state index in [0.29, 0.717) is 11.3 Å². The number of ketones is 1. The molecule has 0 radical (unpaired) electrons. The molecule has 0 atom stereocenters. The molecule has 0 unspecified atom stereocenters. The van der Waals surface area contributed by atoms with Crippen molar-refractivity contribution < 1.29 is 19.1 Å². The fraction of sp³-hybridized carbons (Fsp3) is 0.273. The highest BCUT2D eigenvalue weighted by Gasteiger charge is 2.04. The van der Waals surface area contributed by atoms with Crippen LogP contribution in [0.5, 0.6) is 5.75 Å². The summed E-state index contributed by atoms with van der Waals surface area (Å²) in [6.07, 6.45) is 0. The van der Waals surface area contributed by atoms with Crippen LogP contribution in [-0.2, 0) is 9.53 Å². The summed E-state index contributed by atoms with van der Waals surface area (Å²) in [5.74, 6) is -0.0967. The Labute approximate surface area is 93.1 Å². The van der Waals surface area contributed by atoms with E-state index in [1.165, 1.54) is 7.11 Å². The normalized spacial score (nSPS) is 9.62. The molecule has 0 amide bonds. The molecule has 0 bridgehead atoms. The Balaban J connectivity index is 2.58. The molecule has 1 rings (SSSR count). The summed E-state index contributed by atoms with van der Waals surface area (Å²) >= 11 is 0. The van der Waals surface area contributed by atoms with E-state index in [-0.39, 0.29) is 18.9 Å². The lowest BCUT2D eigenvalue weighted by molar-refractivity contribution is -0.142. The van der Waals surface area contributed by atoms with Gasteiger partial charge in [0.15, 0.2) is 12.4 Å². The van der Waals surface area contributed by atoms with Crippen LogP contribution in [0.3, 0.4) is 0 Å². The highest BCUT2D eigenvalue weighted by atomic mass is 16.6. The van der Waals surface area contributed by atoms with Crippen molar-refractivity contribution in [2.45, 2.75) is 0 Å². The quantitative estimate of drug-likeness (QED) is 0.576. The van der Waals surface area contributed by atoms with Crippen LogP contribution in [0.2, 0.25) is 0 Å². The number of methoxy groups -OCH3 is 1. The van der Waals surface area contributed by atoms with Gasteiger partial charge in [-0.15, -0.1) is 0 Å². The van der Waals surface area contributed by atoms with Gasteiger partial charge in [-0.25, -0.2) is 4.79 Å². The van der Waals surface area contributed by atoms with Crippen LogP contribution in [-0.4, -0.2) is 32.0 Å². The van der Waals surface area contributed by atoms with E-state index in [4.69, 9.17) is 10.5 Å². The van der Waals surface area contributed by atoms with Crippen LogP contribution in [0.15, 0.2) is 24.3 Å². The van der Waals surface area contributed by atoms with Gasteiger partial charge in [0.05, 0.1) is 13.7 Å². The predicted molar refractivity (Wildman–Crippen MR) is 57.3 cm³/mol. The number of nitrogens with two attached hydrogens (primary N) is 1. The number of hydrogen-bond acceptors (Lipinski definition) is 5. The molecule has 2 N–H and O–H groups in total. The summed E-state index contributed by atoms with van der Waals surface area (Å²) in [6, 6.07) is 6.40. The number of Topliss-reactive ketones (excluding diaryl/α,β-unsaturated/α-hetero) is 1. The van der Waals surface area contributed by atoms with Crippen molar-refractivity contribution in [3.8, 4) is 5.75 Å². The minimum Gasteiger partial charge on any atom is -0.482 e. The topological polar surface area (TPSA) is 78.6 Å². The molecule has 5 heteroatoms. The van der Waals surface area contributed by atoms with Gasteiger partial charge in [0, 0.05) is 5.56 Å². The largest absolute Gasteiger partial charge is 0.482 e. The fourth-order valence-corrected chi connectivity index (χ4v) is 1.06. The standard InChI is InChI=1S/C11H13NO4/c1-15-11(14)7-16-9-4-2-8(3-5-9)10(13)6-12/h2-5H,6-7,12H2,1H3. The highest BCUT2D eigenvalue weighted by molar-refractivity contribution is 5.97. The molecule has 1 aromatic rings. The smallest absolute Gasteiger partial charge is 0.343 e. The summed E-state index contributed by atoms with van der Waals surface area (Å²) in [7, 11) is 1.29. The molecule has 0 fully saturated rings. The monoisotopic (exact) mass is 223 g/mol. The zero-order valence-electron chi connectivity index (χ0n) is 8.93. The molecular formula is C11H13NO4. The van der Waals surface area contributed by atoms with Crippen LogP contribution < -0.4 is 10.5 Å². The number of rotatable bonds is 5. The van der Waals surface area contributed by atoms with Gasteiger partial charge in [-0.3, -0.25) is 4.79 Å². The first-order chi connectivity index (χ1) is 7.67. The van der Waals surface area contributed by atoms with Gasteiger partial charge in [0.2, 0.25) is 0 Å². The molecule has 0 spiro atoms. The van der Waals surface area contributed by atoms with Crippen LogP contribution in [0, 0.1) is 0 Å². The van der Waals surface area contributed by atoms with Gasteiger partial charge in [-0.2, -0.15) is 0 Å². The third-order valence-electron chi connectivity index (χ3n) is 1.95. The molecule has 0 aliphatic rings. The molecule has 5 nitrogen and oxygen atoms in total. The van der Waals surface area contributed by atoms with Gasteiger partial charge < -0.3 is 15.2 Å². The molecule has 0 saturated heterocycles. The second-order valence-corrected chi connectivity index (χ2v) is 3.02. The van der Waals surface area contributed by atoms with Crippen molar-refractivity contribution in [2.75, 3.05) is 20.3 Å². The number of hydrogen-bond donors (Lipinski definition) is 1. The third kappa shape index (κ3) is 3.36. The van der Waals surface area contributed by atoms with Crippen LogP contribution in [0.25, 0.3) is 0 Å².